The lowest BCUT2D eigenvalue weighted by Gasteiger charge is -2.34. The summed E-state index contributed by atoms with van der Waals surface area (Å²) in [6, 6.07) is 0.616. The molecule has 1 aliphatic heterocycles. The Morgan fingerprint density at radius 1 is 1.64 bits per heavy atom. The SMILES string of the molecule is CCNCC(O)CN1CCSCC1C. The van der Waals surface area contributed by atoms with E-state index in [4.69, 9.17) is 0 Å². The molecule has 14 heavy (non-hydrogen) atoms. The zero-order valence-electron chi connectivity index (χ0n) is 9.20. The van der Waals surface area contributed by atoms with Gasteiger partial charge in [0, 0.05) is 37.2 Å². The number of hydrogen-bond acceptors (Lipinski definition) is 4. The van der Waals surface area contributed by atoms with E-state index in [1.165, 1.54) is 11.5 Å². The van der Waals surface area contributed by atoms with Gasteiger partial charge in [0.05, 0.1) is 6.10 Å². The first-order chi connectivity index (χ1) is 6.74. The lowest BCUT2D eigenvalue weighted by Crippen LogP contribution is -2.46. The van der Waals surface area contributed by atoms with Crippen molar-refractivity contribution in [3.63, 3.8) is 0 Å². The molecule has 0 aromatic heterocycles. The Hall–Kier alpha value is 0.230. The fourth-order valence-electron chi connectivity index (χ4n) is 1.68. The second-order valence-electron chi connectivity index (χ2n) is 3.88. The molecule has 1 fully saturated rings. The number of hydrogen-bond donors (Lipinski definition) is 2. The van der Waals surface area contributed by atoms with Crippen LogP contribution < -0.4 is 5.32 Å². The quantitative estimate of drug-likeness (QED) is 0.700. The lowest BCUT2D eigenvalue weighted by atomic mass is 10.2. The number of nitrogens with zero attached hydrogens (tertiary/aromatic N) is 1. The van der Waals surface area contributed by atoms with E-state index in [1.807, 2.05) is 11.8 Å². The van der Waals surface area contributed by atoms with Crippen molar-refractivity contribution in [3.05, 3.63) is 0 Å². The monoisotopic (exact) mass is 218 g/mol. The van der Waals surface area contributed by atoms with Crippen LogP contribution >= 0.6 is 11.8 Å². The van der Waals surface area contributed by atoms with Gasteiger partial charge in [0.1, 0.15) is 0 Å². The highest BCUT2D eigenvalue weighted by Crippen LogP contribution is 2.15. The van der Waals surface area contributed by atoms with Crippen LogP contribution in [-0.2, 0) is 0 Å². The highest BCUT2D eigenvalue weighted by molar-refractivity contribution is 7.99. The number of aliphatic hydroxyl groups is 1. The molecule has 0 amide bonds. The van der Waals surface area contributed by atoms with Crippen molar-refractivity contribution >= 4 is 11.8 Å². The van der Waals surface area contributed by atoms with E-state index in [0.29, 0.717) is 12.6 Å². The van der Waals surface area contributed by atoms with Gasteiger partial charge >= 0.3 is 0 Å². The maximum Gasteiger partial charge on any atom is 0.0791 e. The third-order valence-corrected chi connectivity index (χ3v) is 3.77. The Bertz CT molecular complexity index is 157. The third kappa shape index (κ3) is 4.17. The topological polar surface area (TPSA) is 35.5 Å². The van der Waals surface area contributed by atoms with Crippen LogP contribution in [0.25, 0.3) is 0 Å². The molecular formula is C10H22N2OS. The summed E-state index contributed by atoms with van der Waals surface area (Å²) in [6.45, 7) is 7.89. The zero-order valence-corrected chi connectivity index (χ0v) is 10.0. The number of likely N-dealkylation sites (N-methyl/N-ethyl adjacent to an activating group) is 1. The van der Waals surface area contributed by atoms with E-state index < -0.39 is 0 Å². The molecule has 1 rings (SSSR count). The summed E-state index contributed by atoms with van der Waals surface area (Å²) in [4.78, 5) is 2.39. The summed E-state index contributed by atoms with van der Waals surface area (Å²) < 4.78 is 0. The summed E-state index contributed by atoms with van der Waals surface area (Å²) in [5.74, 6) is 2.41. The number of β-amino-alcohol motifs (C(OH)–C–C–N with tert-alkyl or cyclic N) is 1. The van der Waals surface area contributed by atoms with E-state index in [1.54, 1.807) is 0 Å². The number of aliphatic hydroxyl groups excluding tert-OH is 1. The van der Waals surface area contributed by atoms with Gasteiger partial charge in [-0.05, 0) is 13.5 Å². The number of rotatable bonds is 5. The van der Waals surface area contributed by atoms with Crippen LogP contribution in [0, 0.1) is 0 Å². The molecular weight excluding hydrogens is 196 g/mol. The predicted octanol–water partition coefficient (Wildman–Crippen LogP) is 0.394. The summed E-state index contributed by atoms with van der Waals surface area (Å²) in [6.07, 6.45) is -0.222. The van der Waals surface area contributed by atoms with E-state index in [-0.39, 0.29) is 6.10 Å². The van der Waals surface area contributed by atoms with Gasteiger partial charge in [-0.2, -0.15) is 11.8 Å². The molecule has 0 aromatic carbocycles. The number of nitrogens with one attached hydrogen (secondary N) is 1. The van der Waals surface area contributed by atoms with Gasteiger partial charge in [0.25, 0.3) is 0 Å². The molecule has 2 unspecified atom stereocenters. The van der Waals surface area contributed by atoms with E-state index in [9.17, 15) is 5.11 Å². The molecule has 0 saturated carbocycles. The molecule has 2 atom stereocenters. The first kappa shape index (κ1) is 12.3. The molecule has 0 radical (unpaired) electrons. The molecule has 0 spiro atoms. The van der Waals surface area contributed by atoms with Crippen LogP contribution in [0.4, 0.5) is 0 Å². The fourth-order valence-corrected chi connectivity index (χ4v) is 2.76. The minimum absolute atomic E-state index is 0.222. The first-order valence-corrected chi connectivity index (χ1v) is 6.60. The molecule has 0 aliphatic carbocycles. The maximum absolute atomic E-state index is 9.74. The molecule has 1 saturated heterocycles. The summed E-state index contributed by atoms with van der Waals surface area (Å²) in [5, 5.41) is 12.9. The normalized spacial score (nSPS) is 26.4. The third-order valence-electron chi connectivity index (χ3n) is 2.58. The van der Waals surface area contributed by atoms with Crippen LogP contribution in [0.3, 0.4) is 0 Å². The second kappa shape index (κ2) is 6.67. The average Bonchev–Trinajstić information content (AvgIpc) is 2.18. The van der Waals surface area contributed by atoms with Gasteiger partial charge in [-0.3, -0.25) is 4.90 Å². The minimum Gasteiger partial charge on any atom is -0.390 e. The zero-order chi connectivity index (χ0) is 10.4. The van der Waals surface area contributed by atoms with Crippen LogP contribution in [0.1, 0.15) is 13.8 Å². The van der Waals surface area contributed by atoms with Crippen molar-refractivity contribution in [2.45, 2.75) is 26.0 Å². The summed E-state index contributed by atoms with van der Waals surface area (Å²) in [5.41, 5.74) is 0. The standard InChI is InChI=1S/C10H22N2OS/c1-3-11-6-10(13)7-12-4-5-14-8-9(12)2/h9-11,13H,3-8H2,1-2H3. The second-order valence-corrected chi connectivity index (χ2v) is 5.03. The summed E-state index contributed by atoms with van der Waals surface area (Å²) >= 11 is 2.01. The Morgan fingerprint density at radius 2 is 2.43 bits per heavy atom. The van der Waals surface area contributed by atoms with Crippen molar-refractivity contribution in [2.24, 2.45) is 0 Å². The van der Waals surface area contributed by atoms with Gasteiger partial charge in [0.2, 0.25) is 0 Å². The Labute approximate surface area is 91.2 Å². The largest absolute Gasteiger partial charge is 0.390 e. The van der Waals surface area contributed by atoms with E-state index in [0.717, 1.165) is 19.6 Å². The summed E-state index contributed by atoms with van der Waals surface area (Å²) in [7, 11) is 0. The Kier molecular flexibility index (Phi) is 5.86. The smallest absolute Gasteiger partial charge is 0.0791 e. The van der Waals surface area contributed by atoms with Gasteiger partial charge in [-0.25, -0.2) is 0 Å². The Morgan fingerprint density at radius 3 is 3.07 bits per heavy atom. The molecule has 84 valence electrons. The van der Waals surface area contributed by atoms with Crippen molar-refractivity contribution < 1.29 is 5.11 Å². The fraction of sp³-hybridized carbons (Fsp3) is 1.00. The van der Waals surface area contributed by atoms with Gasteiger partial charge < -0.3 is 10.4 Å². The van der Waals surface area contributed by atoms with Crippen molar-refractivity contribution in [3.8, 4) is 0 Å². The molecule has 1 aliphatic rings. The average molecular weight is 218 g/mol. The highest BCUT2D eigenvalue weighted by Gasteiger charge is 2.20. The molecule has 3 nitrogen and oxygen atoms in total. The van der Waals surface area contributed by atoms with Crippen molar-refractivity contribution in [1.82, 2.24) is 10.2 Å². The van der Waals surface area contributed by atoms with Gasteiger partial charge in [-0.1, -0.05) is 6.92 Å². The van der Waals surface area contributed by atoms with E-state index >= 15 is 0 Å². The van der Waals surface area contributed by atoms with Crippen LogP contribution in [0.2, 0.25) is 0 Å². The molecule has 2 N–H and O–H groups in total. The van der Waals surface area contributed by atoms with E-state index in [2.05, 4.69) is 24.1 Å². The van der Waals surface area contributed by atoms with Gasteiger partial charge in [-0.15, -0.1) is 0 Å². The minimum atomic E-state index is -0.222. The molecule has 0 aromatic rings. The van der Waals surface area contributed by atoms with Crippen molar-refractivity contribution in [1.29, 1.82) is 0 Å². The molecule has 4 heteroatoms. The molecule has 1 heterocycles. The maximum atomic E-state index is 9.74. The first-order valence-electron chi connectivity index (χ1n) is 5.44. The lowest BCUT2D eigenvalue weighted by molar-refractivity contribution is 0.0982. The van der Waals surface area contributed by atoms with Crippen molar-refractivity contribution in [2.75, 3.05) is 37.7 Å². The predicted molar refractivity (Wildman–Crippen MR) is 62.9 cm³/mol. The molecule has 0 bridgehead atoms. The number of thioether (sulfide) groups is 1. The Balaban J connectivity index is 2.20. The van der Waals surface area contributed by atoms with Crippen LogP contribution in [-0.4, -0.2) is 59.8 Å². The highest BCUT2D eigenvalue weighted by atomic mass is 32.2. The van der Waals surface area contributed by atoms with Crippen LogP contribution in [0.15, 0.2) is 0 Å². The van der Waals surface area contributed by atoms with Crippen LogP contribution in [0.5, 0.6) is 0 Å². The van der Waals surface area contributed by atoms with Gasteiger partial charge in [0.15, 0.2) is 0 Å².